The molecule has 0 aromatic heterocycles. The zero-order valence-electron chi connectivity index (χ0n) is 11.5. The van der Waals surface area contributed by atoms with Gasteiger partial charge in [-0.15, -0.1) is 0 Å². The quantitative estimate of drug-likeness (QED) is 0.651. The molecule has 1 heterocycles. The smallest absolute Gasteiger partial charge is 0.150 e. The van der Waals surface area contributed by atoms with E-state index in [1.165, 1.54) is 37.2 Å². The van der Waals surface area contributed by atoms with Crippen LogP contribution in [0.4, 0.5) is 0 Å². The number of hydrogen-bond acceptors (Lipinski definition) is 1. The molecule has 0 radical (unpaired) electrons. The van der Waals surface area contributed by atoms with Gasteiger partial charge in [-0.2, -0.15) is 0 Å². The lowest BCUT2D eigenvalue weighted by Gasteiger charge is -2.46. The third-order valence-corrected chi connectivity index (χ3v) is 4.14. The average Bonchev–Trinajstić information content (AvgIpc) is 2.56. The molecule has 1 unspecified atom stereocenters. The van der Waals surface area contributed by atoms with Gasteiger partial charge in [0.15, 0.2) is 6.17 Å². The van der Waals surface area contributed by atoms with Gasteiger partial charge in [-0.1, -0.05) is 27.7 Å². The topological polar surface area (TPSA) is 3.24 Å². The second-order valence-electron chi connectivity index (χ2n) is 5.94. The van der Waals surface area contributed by atoms with Gasteiger partial charge in [-0.25, -0.2) is 4.90 Å². The molecule has 0 saturated carbocycles. The third-order valence-electron chi connectivity index (χ3n) is 4.14. The summed E-state index contributed by atoms with van der Waals surface area (Å²) < 4.78 is 1.29. The van der Waals surface area contributed by atoms with Crippen LogP contribution in [0.15, 0.2) is 0 Å². The Hall–Kier alpha value is -0.0800. The summed E-state index contributed by atoms with van der Waals surface area (Å²) in [6, 6.07) is 0. The first-order valence-corrected chi connectivity index (χ1v) is 6.51. The predicted molar refractivity (Wildman–Crippen MR) is 66.7 cm³/mol. The van der Waals surface area contributed by atoms with E-state index in [0.717, 1.165) is 0 Å². The van der Waals surface area contributed by atoms with Crippen LogP contribution in [0.2, 0.25) is 0 Å². The molecule has 2 nitrogen and oxygen atoms in total. The fourth-order valence-electron chi connectivity index (χ4n) is 3.50. The van der Waals surface area contributed by atoms with E-state index in [1.54, 1.807) is 0 Å². The van der Waals surface area contributed by atoms with Gasteiger partial charge in [0.25, 0.3) is 0 Å². The summed E-state index contributed by atoms with van der Waals surface area (Å²) in [5.41, 5.74) is 0.387. The first kappa shape index (κ1) is 13.0. The van der Waals surface area contributed by atoms with Gasteiger partial charge >= 0.3 is 0 Å². The van der Waals surface area contributed by atoms with E-state index in [2.05, 4.69) is 46.4 Å². The molecule has 0 spiro atoms. The lowest BCUT2D eigenvalue weighted by atomic mass is 9.89. The maximum atomic E-state index is 2.67. The van der Waals surface area contributed by atoms with Gasteiger partial charge in [-0.3, -0.25) is 0 Å². The minimum atomic E-state index is 0.387. The molecular formula is C13H29N2+. The van der Waals surface area contributed by atoms with Crippen molar-refractivity contribution in [1.29, 1.82) is 0 Å². The molecule has 0 aromatic rings. The maximum absolute atomic E-state index is 2.67. The van der Waals surface area contributed by atoms with Crippen LogP contribution in [0.5, 0.6) is 0 Å². The van der Waals surface area contributed by atoms with Gasteiger partial charge in [-0.05, 0) is 13.8 Å². The summed E-state index contributed by atoms with van der Waals surface area (Å²) in [4.78, 5) is 2.67. The van der Waals surface area contributed by atoms with Crippen LogP contribution in [0.25, 0.3) is 0 Å². The van der Waals surface area contributed by atoms with E-state index >= 15 is 0 Å². The number of likely N-dealkylation sites (N-methyl/N-ethyl adjacent to an activating group) is 2. The van der Waals surface area contributed by atoms with Gasteiger partial charge in [0.2, 0.25) is 0 Å². The number of rotatable bonds is 3. The Morgan fingerprint density at radius 2 is 1.67 bits per heavy atom. The molecule has 15 heavy (non-hydrogen) atoms. The molecule has 1 aliphatic rings. The molecule has 1 rings (SSSR count). The molecule has 1 saturated heterocycles. The Morgan fingerprint density at radius 1 is 1.13 bits per heavy atom. The van der Waals surface area contributed by atoms with Gasteiger partial charge < -0.3 is 4.48 Å². The van der Waals surface area contributed by atoms with Gasteiger partial charge in [0, 0.05) is 12.0 Å². The van der Waals surface area contributed by atoms with Crippen LogP contribution in [0, 0.1) is 5.41 Å². The van der Waals surface area contributed by atoms with Crippen LogP contribution in [-0.2, 0) is 0 Å². The van der Waals surface area contributed by atoms with Crippen molar-refractivity contribution in [2.24, 2.45) is 5.41 Å². The number of hydrogen-bond donors (Lipinski definition) is 0. The molecule has 1 fully saturated rings. The van der Waals surface area contributed by atoms with Crippen LogP contribution in [0.1, 0.15) is 41.5 Å². The van der Waals surface area contributed by atoms with Crippen molar-refractivity contribution < 1.29 is 4.48 Å². The summed E-state index contributed by atoms with van der Waals surface area (Å²) in [6.45, 7) is 20.5. The van der Waals surface area contributed by atoms with E-state index in [0.29, 0.717) is 11.6 Å². The standard InChI is InChI=1S/C13H29N2/c1-7-14-10-11-15(8-2,9-3)12(14)13(4,5)6/h12H,7-11H2,1-6H3/q+1. The van der Waals surface area contributed by atoms with Crippen molar-refractivity contribution >= 4 is 0 Å². The SMILES string of the molecule is CCN1CC[N+](CC)(CC)C1C(C)(C)C. The molecule has 0 amide bonds. The highest BCUT2D eigenvalue weighted by Gasteiger charge is 2.49. The van der Waals surface area contributed by atoms with E-state index < -0.39 is 0 Å². The van der Waals surface area contributed by atoms with Crippen molar-refractivity contribution in [2.75, 3.05) is 32.7 Å². The number of quaternary nitrogens is 1. The highest BCUT2D eigenvalue weighted by Crippen LogP contribution is 2.36. The minimum Gasteiger partial charge on any atom is -0.308 e. The lowest BCUT2D eigenvalue weighted by molar-refractivity contribution is -0.948. The first-order valence-electron chi connectivity index (χ1n) is 6.51. The molecule has 1 aliphatic heterocycles. The van der Waals surface area contributed by atoms with Crippen molar-refractivity contribution in [3.05, 3.63) is 0 Å². The first-order chi connectivity index (χ1) is 6.91. The normalized spacial score (nSPS) is 27.2. The zero-order chi connectivity index (χ0) is 11.7. The summed E-state index contributed by atoms with van der Waals surface area (Å²) >= 11 is 0. The monoisotopic (exact) mass is 213 g/mol. The van der Waals surface area contributed by atoms with Crippen LogP contribution >= 0.6 is 0 Å². The van der Waals surface area contributed by atoms with Crippen molar-refractivity contribution in [1.82, 2.24) is 4.90 Å². The maximum Gasteiger partial charge on any atom is 0.150 e. The van der Waals surface area contributed by atoms with Crippen LogP contribution in [-0.4, -0.2) is 48.3 Å². The molecule has 1 atom stereocenters. The van der Waals surface area contributed by atoms with E-state index in [9.17, 15) is 0 Å². The Kier molecular flexibility index (Phi) is 3.83. The van der Waals surface area contributed by atoms with Crippen molar-refractivity contribution in [3.63, 3.8) is 0 Å². The summed E-state index contributed by atoms with van der Waals surface area (Å²) in [6.07, 6.45) is 0.706. The molecule has 90 valence electrons. The highest BCUT2D eigenvalue weighted by atomic mass is 15.5. The van der Waals surface area contributed by atoms with E-state index in [-0.39, 0.29) is 0 Å². The lowest BCUT2D eigenvalue weighted by Crippen LogP contribution is -2.60. The second-order valence-corrected chi connectivity index (χ2v) is 5.94. The van der Waals surface area contributed by atoms with Crippen molar-refractivity contribution in [2.45, 2.75) is 47.7 Å². The van der Waals surface area contributed by atoms with E-state index in [4.69, 9.17) is 0 Å². The molecule has 0 aromatic carbocycles. The summed E-state index contributed by atoms with van der Waals surface area (Å²) in [5, 5.41) is 0. The van der Waals surface area contributed by atoms with Gasteiger partial charge in [0.05, 0.1) is 26.2 Å². The molecular weight excluding hydrogens is 184 g/mol. The Balaban J connectivity index is 2.99. The predicted octanol–water partition coefficient (Wildman–Crippen LogP) is 2.55. The minimum absolute atomic E-state index is 0.387. The van der Waals surface area contributed by atoms with Crippen LogP contribution in [0.3, 0.4) is 0 Å². The highest BCUT2D eigenvalue weighted by molar-refractivity contribution is 4.81. The Morgan fingerprint density at radius 3 is 2.00 bits per heavy atom. The fraction of sp³-hybridized carbons (Fsp3) is 1.00. The third kappa shape index (κ3) is 2.21. The second kappa shape index (κ2) is 4.42. The molecule has 0 bridgehead atoms. The Labute approximate surface area is 95.8 Å². The molecule has 0 aliphatic carbocycles. The molecule has 2 heteroatoms. The zero-order valence-corrected chi connectivity index (χ0v) is 11.5. The molecule has 0 N–H and O–H groups in total. The van der Waals surface area contributed by atoms with Crippen LogP contribution < -0.4 is 0 Å². The largest absolute Gasteiger partial charge is 0.308 e. The van der Waals surface area contributed by atoms with Gasteiger partial charge in [0.1, 0.15) is 0 Å². The Bertz CT molecular complexity index is 201. The fourth-order valence-corrected chi connectivity index (χ4v) is 3.50. The van der Waals surface area contributed by atoms with Crippen molar-refractivity contribution in [3.8, 4) is 0 Å². The number of nitrogens with zero attached hydrogens (tertiary/aromatic N) is 2. The summed E-state index contributed by atoms with van der Waals surface area (Å²) in [7, 11) is 0. The average molecular weight is 213 g/mol. The summed E-state index contributed by atoms with van der Waals surface area (Å²) in [5.74, 6) is 0. The van der Waals surface area contributed by atoms with E-state index in [1.807, 2.05) is 0 Å².